The number of aromatic nitrogens is 2. The Balaban J connectivity index is 2.15. The second-order valence-corrected chi connectivity index (χ2v) is 5.29. The molecule has 0 aliphatic carbocycles. The van der Waals surface area contributed by atoms with E-state index in [4.69, 9.17) is 0 Å². The minimum Gasteiger partial charge on any atom is -0.550 e. The Morgan fingerprint density at radius 1 is 1.44 bits per heavy atom. The summed E-state index contributed by atoms with van der Waals surface area (Å²) < 4.78 is 0. The van der Waals surface area contributed by atoms with Gasteiger partial charge in [-0.1, -0.05) is 0 Å². The van der Waals surface area contributed by atoms with Crippen LogP contribution in [0.1, 0.15) is 23.3 Å². The molecule has 18 heavy (non-hydrogen) atoms. The number of nitrogens with zero attached hydrogens (tertiary/aromatic N) is 2. The molecule has 96 valence electrons. The van der Waals surface area contributed by atoms with Crippen LogP contribution in [0.3, 0.4) is 0 Å². The first kappa shape index (κ1) is 12.8. The van der Waals surface area contributed by atoms with Crippen molar-refractivity contribution >= 4 is 33.3 Å². The van der Waals surface area contributed by atoms with E-state index in [1.54, 1.807) is 11.3 Å². The fraction of sp³-hybridized carbons (Fsp3) is 0.417. The predicted molar refractivity (Wildman–Crippen MR) is 69.6 cm³/mol. The molecule has 0 fully saturated rings. The van der Waals surface area contributed by atoms with Crippen LogP contribution in [0.15, 0.2) is 6.33 Å². The Morgan fingerprint density at radius 3 is 2.94 bits per heavy atom. The van der Waals surface area contributed by atoms with Crippen LogP contribution >= 0.6 is 11.3 Å². The highest BCUT2D eigenvalue weighted by atomic mass is 32.1. The van der Waals surface area contributed by atoms with E-state index in [9.17, 15) is 9.90 Å². The van der Waals surface area contributed by atoms with Gasteiger partial charge >= 0.3 is 0 Å². The molecule has 6 heteroatoms. The van der Waals surface area contributed by atoms with Crippen molar-refractivity contribution in [1.82, 2.24) is 9.97 Å². The van der Waals surface area contributed by atoms with E-state index >= 15 is 0 Å². The number of carbonyl (C=O) groups excluding carboxylic acids is 1. The molecule has 0 aromatic carbocycles. The van der Waals surface area contributed by atoms with Crippen molar-refractivity contribution in [3.63, 3.8) is 0 Å². The van der Waals surface area contributed by atoms with Crippen molar-refractivity contribution in [3.05, 3.63) is 16.8 Å². The van der Waals surface area contributed by atoms with E-state index < -0.39 is 5.97 Å². The van der Waals surface area contributed by atoms with Crippen LogP contribution in [0.4, 0.5) is 5.82 Å². The molecule has 0 radical (unpaired) electrons. The van der Waals surface area contributed by atoms with Gasteiger partial charge in [0.2, 0.25) is 0 Å². The second kappa shape index (κ2) is 5.30. The van der Waals surface area contributed by atoms with Crippen molar-refractivity contribution in [2.24, 2.45) is 0 Å². The summed E-state index contributed by atoms with van der Waals surface area (Å²) in [6, 6.07) is 0. The zero-order chi connectivity index (χ0) is 13.1. The van der Waals surface area contributed by atoms with Crippen LogP contribution < -0.4 is 10.4 Å². The number of rotatable bonds is 5. The van der Waals surface area contributed by atoms with Crippen molar-refractivity contribution in [2.45, 2.75) is 26.7 Å². The Morgan fingerprint density at radius 2 is 2.22 bits per heavy atom. The summed E-state index contributed by atoms with van der Waals surface area (Å²) >= 11 is 1.64. The van der Waals surface area contributed by atoms with Crippen molar-refractivity contribution in [3.8, 4) is 0 Å². The van der Waals surface area contributed by atoms with Gasteiger partial charge in [-0.3, -0.25) is 0 Å². The van der Waals surface area contributed by atoms with Crippen LogP contribution in [-0.2, 0) is 4.79 Å². The fourth-order valence-electron chi connectivity index (χ4n) is 1.76. The summed E-state index contributed by atoms with van der Waals surface area (Å²) in [5, 5.41) is 14.5. The molecule has 5 nitrogen and oxygen atoms in total. The van der Waals surface area contributed by atoms with Gasteiger partial charge in [0.15, 0.2) is 0 Å². The largest absolute Gasteiger partial charge is 0.550 e. The van der Waals surface area contributed by atoms with Gasteiger partial charge in [-0.15, -0.1) is 11.3 Å². The number of hydrogen-bond donors (Lipinski definition) is 1. The van der Waals surface area contributed by atoms with Gasteiger partial charge < -0.3 is 15.2 Å². The summed E-state index contributed by atoms with van der Waals surface area (Å²) in [6.07, 6.45) is 2.11. The topological polar surface area (TPSA) is 77.9 Å². The highest BCUT2D eigenvalue weighted by Crippen LogP contribution is 2.32. The van der Waals surface area contributed by atoms with Crippen LogP contribution in [0.25, 0.3) is 10.2 Å². The van der Waals surface area contributed by atoms with Gasteiger partial charge in [0.25, 0.3) is 0 Å². The van der Waals surface area contributed by atoms with E-state index in [2.05, 4.69) is 22.2 Å². The smallest absolute Gasteiger partial charge is 0.138 e. The van der Waals surface area contributed by atoms with Crippen LogP contribution in [-0.4, -0.2) is 22.5 Å². The van der Waals surface area contributed by atoms with Crippen LogP contribution in [0, 0.1) is 13.8 Å². The summed E-state index contributed by atoms with van der Waals surface area (Å²) in [4.78, 5) is 21.0. The zero-order valence-corrected chi connectivity index (χ0v) is 11.1. The van der Waals surface area contributed by atoms with E-state index in [1.165, 1.54) is 16.8 Å². The third-order valence-corrected chi connectivity index (χ3v) is 3.93. The molecule has 2 rings (SSSR count). The third kappa shape index (κ3) is 2.59. The number of anilines is 1. The Labute approximate surface area is 109 Å². The highest BCUT2D eigenvalue weighted by molar-refractivity contribution is 7.18. The molecule has 0 spiro atoms. The van der Waals surface area contributed by atoms with Gasteiger partial charge in [-0.25, -0.2) is 9.97 Å². The molecule has 2 heterocycles. The first-order valence-corrected chi connectivity index (χ1v) is 6.55. The normalized spacial score (nSPS) is 10.8. The predicted octanol–water partition coefficient (Wildman–Crippen LogP) is 1.25. The van der Waals surface area contributed by atoms with Gasteiger partial charge in [0, 0.05) is 17.4 Å². The number of carbonyl (C=O) groups is 1. The van der Waals surface area contributed by atoms with E-state index in [-0.39, 0.29) is 6.42 Å². The molecule has 0 bridgehead atoms. The van der Waals surface area contributed by atoms with E-state index in [1.807, 2.05) is 6.92 Å². The van der Waals surface area contributed by atoms with E-state index in [0.717, 1.165) is 16.0 Å². The zero-order valence-electron chi connectivity index (χ0n) is 10.3. The lowest BCUT2D eigenvalue weighted by atomic mass is 10.2. The maximum atomic E-state index is 10.3. The fourth-order valence-corrected chi connectivity index (χ4v) is 2.75. The SMILES string of the molecule is Cc1sc2ncnc(NCCCC(=O)[O-])c2c1C. The third-order valence-electron chi connectivity index (χ3n) is 2.82. The number of carboxylic acids is 1. The van der Waals surface area contributed by atoms with Crippen molar-refractivity contribution in [1.29, 1.82) is 0 Å². The molecular formula is C12H14N3O2S-. The lowest BCUT2D eigenvalue weighted by Crippen LogP contribution is -2.22. The van der Waals surface area contributed by atoms with Gasteiger partial charge in [-0.05, 0) is 32.3 Å². The molecule has 0 saturated heterocycles. The molecule has 2 aromatic rings. The van der Waals surface area contributed by atoms with Crippen LogP contribution in [0.5, 0.6) is 0 Å². The Kier molecular flexibility index (Phi) is 3.76. The molecule has 0 unspecified atom stereocenters. The monoisotopic (exact) mass is 264 g/mol. The summed E-state index contributed by atoms with van der Waals surface area (Å²) in [7, 11) is 0. The number of fused-ring (bicyclic) bond motifs is 1. The maximum Gasteiger partial charge on any atom is 0.138 e. The molecule has 0 aliphatic rings. The number of carboxylic acid groups (broad SMARTS) is 1. The first-order valence-electron chi connectivity index (χ1n) is 5.74. The quantitative estimate of drug-likeness (QED) is 0.822. The summed E-state index contributed by atoms with van der Waals surface area (Å²) in [6.45, 7) is 4.67. The minimum atomic E-state index is -1.02. The Hall–Kier alpha value is -1.69. The molecule has 0 saturated carbocycles. The molecule has 0 amide bonds. The molecule has 0 aliphatic heterocycles. The van der Waals surface area contributed by atoms with Crippen molar-refractivity contribution < 1.29 is 9.90 Å². The lowest BCUT2D eigenvalue weighted by Gasteiger charge is -2.07. The number of hydrogen-bond acceptors (Lipinski definition) is 6. The first-order chi connectivity index (χ1) is 8.59. The molecular weight excluding hydrogens is 250 g/mol. The van der Waals surface area contributed by atoms with Gasteiger partial charge in [0.05, 0.1) is 5.39 Å². The number of aliphatic carboxylic acids is 1. The average molecular weight is 264 g/mol. The minimum absolute atomic E-state index is 0.0584. The highest BCUT2D eigenvalue weighted by Gasteiger charge is 2.11. The number of nitrogens with one attached hydrogen (secondary N) is 1. The molecule has 2 aromatic heterocycles. The molecule has 0 atom stereocenters. The standard InChI is InChI=1S/C12H15N3O2S/c1-7-8(2)18-12-10(7)11(14-6-15-12)13-5-3-4-9(16)17/h6H,3-5H2,1-2H3,(H,16,17)(H,13,14,15)/p-1. The van der Waals surface area contributed by atoms with Gasteiger partial charge in [-0.2, -0.15) is 0 Å². The summed E-state index contributed by atoms with van der Waals surface area (Å²) in [5.74, 6) is -0.243. The van der Waals surface area contributed by atoms with Gasteiger partial charge in [0.1, 0.15) is 17.0 Å². The van der Waals surface area contributed by atoms with E-state index in [0.29, 0.717) is 13.0 Å². The molecule has 1 N–H and O–H groups in total. The second-order valence-electron chi connectivity index (χ2n) is 4.09. The number of aryl methyl sites for hydroxylation is 2. The number of thiophene rings is 1. The summed E-state index contributed by atoms with van der Waals surface area (Å²) in [5.41, 5.74) is 1.18. The van der Waals surface area contributed by atoms with Crippen LogP contribution in [0.2, 0.25) is 0 Å². The lowest BCUT2D eigenvalue weighted by molar-refractivity contribution is -0.305. The Bertz CT molecular complexity index is 580. The maximum absolute atomic E-state index is 10.3. The average Bonchev–Trinajstić information content (AvgIpc) is 2.61. The van der Waals surface area contributed by atoms with Crippen molar-refractivity contribution in [2.75, 3.05) is 11.9 Å².